The molecule has 2 amide bonds. The number of fused-ring (bicyclic) bond motifs is 1. The van der Waals surface area contributed by atoms with Crippen LogP contribution in [-0.2, 0) is 22.7 Å². The Balaban J connectivity index is 1.52. The van der Waals surface area contributed by atoms with E-state index in [4.69, 9.17) is 4.74 Å². The van der Waals surface area contributed by atoms with E-state index in [2.05, 4.69) is 15.6 Å². The van der Waals surface area contributed by atoms with E-state index in [9.17, 15) is 9.59 Å². The van der Waals surface area contributed by atoms with Crippen LogP contribution in [0.25, 0.3) is 11.0 Å². The van der Waals surface area contributed by atoms with Crippen molar-refractivity contribution in [3.63, 3.8) is 0 Å². The molecule has 0 saturated heterocycles. The molecule has 1 N–H and O–H groups in total. The van der Waals surface area contributed by atoms with Crippen molar-refractivity contribution in [1.29, 1.82) is 0 Å². The fraction of sp³-hybridized carbons (Fsp3) is 0.333. The van der Waals surface area contributed by atoms with Crippen molar-refractivity contribution in [2.24, 2.45) is 0 Å². The molecule has 1 atom stereocenters. The number of amides is 2. The van der Waals surface area contributed by atoms with Gasteiger partial charge in [-0.1, -0.05) is 79.1 Å². The summed E-state index contributed by atoms with van der Waals surface area (Å²) in [4.78, 5) is 29.7. The average molecular weight is 512 g/mol. The van der Waals surface area contributed by atoms with Crippen LogP contribution in [0.2, 0.25) is 0 Å². The molecule has 0 unspecified atom stereocenters. The van der Waals surface area contributed by atoms with Gasteiger partial charge in [0.2, 0.25) is 11.8 Å². The minimum atomic E-state index is -0.838. The predicted molar refractivity (Wildman–Crippen MR) is 145 cm³/mol. The van der Waals surface area contributed by atoms with Crippen LogP contribution in [0.4, 0.5) is 0 Å². The summed E-state index contributed by atoms with van der Waals surface area (Å²) in [5, 5.41) is 11.7. The Morgan fingerprint density at radius 3 is 2.55 bits per heavy atom. The number of para-hydroxylation sites is 1. The molecule has 38 heavy (non-hydrogen) atoms. The Morgan fingerprint density at radius 2 is 1.76 bits per heavy atom. The van der Waals surface area contributed by atoms with E-state index in [0.29, 0.717) is 16.8 Å². The lowest BCUT2D eigenvalue weighted by molar-refractivity contribution is -0.142. The number of ether oxygens (including phenoxy) is 1. The maximum atomic E-state index is 14.1. The zero-order valence-corrected chi connectivity index (χ0v) is 21.6. The van der Waals surface area contributed by atoms with E-state index in [1.807, 2.05) is 78.9 Å². The highest BCUT2D eigenvalue weighted by Gasteiger charge is 2.33. The van der Waals surface area contributed by atoms with Crippen LogP contribution in [0, 0.1) is 0 Å². The predicted octanol–water partition coefficient (Wildman–Crippen LogP) is 4.66. The van der Waals surface area contributed by atoms with E-state index in [0.717, 1.165) is 36.8 Å². The van der Waals surface area contributed by atoms with Gasteiger partial charge in [-0.05, 0) is 48.2 Å². The molecule has 3 aromatic carbocycles. The van der Waals surface area contributed by atoms with Gasteiger partial charge in [0.25, 0.3) is 0 Å². The van der Waals surface area contributed by atoms with Gasteiger partial charge in [0, 0.05) is 12.6 Å². The molecule has 1 fully saturated rings. The first-order chi connectivity index (χ1) is 18.6. The van der Waals surface area contributed by atoms with Crippen molar-refractivity contribution in [3.8, 4) is 5.75 Å². The third-order valence-corrected chi connectivity index (χ3v) is 7.14. The van der Waals surface area contributed by atoms with Crippen LogP contribution in [0.15, 0.2) is 78.9 Å². The van der Waals surface area contributed by atoms with Gasteiger partial charge in [0.15, 0.2) is 0 Å². The monoisotopic (exact) mass is 511 g/mol. The number of methoxy groups -OCH3 is 1. The topological polar surface area (TPSA) is 89.4 Å². The zero-order valence-electron chi connectivity index (χ0n) is 21.6. The number of nitrogens with zero attached hydrogens (tertiary/aromatic N) is 4. The third-order valence-electron chi connectivity index (χ3n) is 7.14. The molecule has 8 heteroatoms. The van der Waals surface area contributed by atoms with Crippen molar-refractivity contribution in [1.82, 2.24) is 25.2 Å². The maximum absolute atomic E-state index is 14.1. The van der Waals surface area contributed by atoms with E-state index >= 15 is 0 Å². The van der Waals surface area contributed by atoms with E-state index < -0.39 is 6.04 Å². The molecule has 1 saturated carbocycles. The highest BCUT2D eigenvalue weighted by Crippen LogP contribution is 2.28. The molecule has 1 aliphatic carbocycles. The van der Waals surface area contributed by atoms with Crippen LogP contribution in [0.5, 0.6) is 5.75 Å². The lowest BCUT2D eigenvalue weighted by Gasteiger charge is -2.33. The summed E-state index contributed by atoms with van der Waals surface area (Å²) < 4.78 is 7.06. The van der Waals surface area contributed by atoms with Crippen molar-refractivity contribution < 1.29 is 14.3 Å². The van der Waals surface area contributed by atoms with Crippen LogP contribution in [0.1, 0.15) is 49.3 Å². The summed E-state index contributed by atoms with van der Waals surface area (Å²) >= 11 is 0. The largest absolute Gasteiger partial charge is 0.497 e. The Labute approximate surface area is 222 Å². The quantitative estimate of drug-likeness (QED) is 0.353. The van der Waals surface area contributed by atoms with Gasteiger partial charge in [-0.2, -0.15) is 0 Å². The third kappa shape index (κ3) is 5.85. The molecule has 196 valence electrons. The summed E-state index contributed by atoms with van der Waals surface area (Å²) in [7, 11) is 1.60. The van der Waals surface area contributed by atoms with Crippen LogP contribution in [0.3, 0.4) is 0 Å². The number of carbonyl (C=O) groups is 2. The Hall–Kier alpha value is -4.20. The van der Waals surface area contributed by atoms with Crippen molar-refractivity contribution >= 4 is 22.8 Å². The lowest BCUT2D eigenvalue weighted by atomic mass is 9.94. The fourth-order valence-corrected chi connectivity index (χ4v) is 5.17. The zero-order chi connectivity index (χ0) is 26.3. The maximum Gasteiger partial charge on any atom is 0.247 e. The van der Waals surface area contributed by atoms with Gasteiger partial charge >= 0.3 is 0 Å². The van der Waals surface area contributed by atoms with Gasteiger partial charge in [0.1, 0.15) is 23.9 Å². The number of nitrogens with one attached hydrogen (secondary N) is 1. The molecule has 0 aliphatic heterocycles. The van der Waals surface area contributed by atoms with Crippen molar-refractivity contribution in [2.75, 3.05) is 7.11 Å². The van der Waals surface area contributed by atoms with Crippen LogP contribution in [-0.4, -0.2) is 44.9 Å². The van der Waals surface area contributed by atoms with Gasteiger partial charge in [0.05, 0.1) is 12.6 Å². The fourth-order valence-electron chi connectivity index (χ4n) is 5.17. The van der Waals surface area contributed by atoms with E-state index in [1.165, 1.54) is 6.42 Å². The molecule has 4 aromatic rings. The SMILES string of the molecule is COc1cccc([C@@H](C(=O)NC2CCCCC2)N(Cc2ccccc2)C(=O)Cn2nnc3ccccc32)c1. The normalized spacial score (nSPS) is 14.7. The number of hydrogen-bond donors (Lipinski definition) is 1. The Kier molecular flexibility index (Phi) is 7.97. The lowest BCUT2D eigenvalue weighted by Crippen LogP contribution is -2.47. The molecule has 0 radical (unpaired) electrons. The van der Waals surface area contributed by atoms with Crippen LogP contribution < -0.4 is 10.1 Å². The first-order valence-electron chi connectivity index (χ1n) is 13.2. The molecule has 0 bridgehead atoms. The number of carbonyl (C=O) groups excluding carboxylic acids is 2. The molecular formula is C30H33N5O3. The van der Waals surface area contributed by atoms with Crippen molar-refractivity contribution in [2.45, 2.75) is 57.3 Å². The van der Waals surface area contributed by atoms with Gasteiger partial charge in [-0.25, -0.2) is 4.68 Å². The highest BCUT2D eigenvalue weighted by atomic mass is 16.5. The van der Waals surface area contributed by atoms with Gasteiger partial charge in [-0.3, -0.25) is 9.59 Å². The second-order valence-electron chi connectivity index (χ2n) is 9.77. The Morgan fingerprint density at radius 1 is 1.00 bits per heavy atom. The standard InChI is InChI=1S/C30H33N5O3/c1-38-25-16-10-13-23(19-25)29(30(37)31-24-14-6-3-7-15-24)34(20-22-11-4-2-5-12-22)28(36)21-35-27-18-9-8-17-26(27)32-33-35/h2,4-5,8-13,16-19,24,29H,3,6-7,14-15,20-21H2,1H3,(H,31,37)/t29-/m0/s1. The van der Waals surface area contributed by atoms with E-state index in [1.54, 1.807) is 16.7 Å². The van der Waals surface area contributed by atoms with Crippen LogP contribution >= 0.6 is 0 Å². The first-order valence-corrected chi connectivity index (χ1v) is 13.2. The number of benzene rings is 3. The smallest absolute Gasteiger partial charge is 0.247 e. The summed E-state index contributed by atoms with van der Waals surface area (Å²) in [6, 6.07) is 23.9. The summed E-state index contributed by atoms with van der Waals surface area (Å²) in [5.41, 5.74) is 3.12. The molecule has 1 aromatic heterocycles. The highest BCUT2D eigenvalue weighted by molar-refractivity contribution is 5.89. The number of aromatic nitrogens is 3. The van der Waals surface area contributed by atoms with Gasteiger partial charge in [-0.15, -0.1) is 5.10 Å². The Bertz CT molecular complexity index is 1380. The molecule has 8 nitrogen and oxygen atoms in total. The minimum Gasteiger partial charge on any atom is -0.497 e. The summed E-state index contributed by atoms with van der Waals surface area (Å²) in [5.74, 6) is 0.223. The molecule has 1 heterocycles. The average Bonchev–Trinajstić information content (AvgIpc) is 3.36. The first kappa shape index (κ1) is 25.4. The second-order valence-corrected chi connectivity index (χ2v) is 9.77. The summed E-state index contributed by atoms with van der Waals surface area (Å²) in [6.07, 6.45) is 5.29. The molecule has 5 rings (SSSR count). The molecule has 0 spiro atoms. The molecule has 1 aliphatic rings. The second kappa shape index (κ2) is 11.9. The van der Waals surface area contributed by atoms with E-state index in [-0.39, 0.29) is 30.9 Å². The van der Waals surface area contributed by atoms with Gasteiger partial charge < -0.3 is 15.0 Å². The minimum absolute atomic E-state index is 0.0372. The number of hydrogen-bond acceptors (Lipinski definition) is 5. The summed E-state index contributed by atoms with van der Waals surface area (Å²) in [6.45, 7) is 0.233. The molecular weight excluding hydrogens is 478 g/mol. The van der Waals surface area contributed by atoms with Crippen molar-refractivity contribution in [3.05, 3.63) is 90.0 Å². The number of rotatable bonds is 9.